The molecule has 3 amide bonds. The average Bonchev–Trinajstić information content (AvgIpc) is 2.68. The van der Waals surface area contributed by atoms with Gasteiger partial charge in [-0.1, -0.05) is 12.1 Å². The maximum Gasteiger partial charge on any atom is 0.412 e. The molecule has 1 aliphatic rings. The lowest BCUT2D eigenvalue weighted by molar-refractivity contribution is -0.121. The molecule has 0 unspecified atom stereocenters. The molecule has 0 bridgehead atoms. The first-order valence-electron chi connectivity index (χ1n) is 9.74. The number of hydrogen-bond acceptors (Lipinski definition) is 5. The number of carbonyl (C=O) groups is 3. The summed E-state index contributed by atoms with van der Waals surface area (Å²) in [6.45, 7) is 5.16. The van der Waals surface area contributed by atoms with Crippen LogP contribution in [0.4, 0.5) is 26.2 Å². The Hall–Kier alpha value is -3.62. The quantitative estimate of drug-likeness (QED) is 0.751. The van der Waals surface area contributed by atoms with E-state index in [2.05, 4.69) is 10.6 Å². The monoisotopic (exact) mass is 429 g/mol. The molecule has 3 rings (SSSR count). The molecule has 2 aromatic rings. The highest BCUT2D eigenvalue weighted by Crippen LogP contribution is 2.31. The van der Waals surface area contributed by atoms with Crippen LogP contribution in [0.15, 0.2) is 42.5 Å². The number of benzene rings is 2. The number of anilines is 3. The molecule has 164 valence electrons. The number of rotatable bonds is 5. The predicted octanol–water partition coefficient (Wildman–Crippen LogP) is 3.93. The summed E-state index contributed by atoms with van der Waals surface area (Å²) < 4.78 is 24.3. The number of para-hydroxylation sites is 2. The van der Waals surface area contributed by atoms with E-state index in [1.165, 1.54) is 11.0 Å². The third kappa shape index (κ3) is 5.94. The van der Waals surface area contributed by atoms with Crippen LogP contribution in [-0.2, 0) is 14.3 Å². The zero-order valence-corrected chi connectivity index (χ0v) is 17.5. The lowest BCUT2D eigenvalue weighted by Gasteiger charge is -2.29. The molecule has 0 aromatic heterocycles. The molecule has 0 radical (unpaired) electrons. The van der Waals surface area contributed by atoms with Crippen LogP contribution in [0.5, 0.6) is 5.75 Å². The number of hydrogen-bond donors (Lipinski definition) is 2. The van der Waals surface area contributed by atoms with Crippen molar-refractivity contribution in [1.82, 2.24) is 0 Å². The number of ether oxygens (including phenoxy) is 2. The molecule has 9 heteroatoms. The van der Waals surface area contributed by atoms with Gasteiger partial charge in [0, 0.05) is 13.0 Å². The number of fused-ring (bicyclic) bond motifs is 1. The predicted molar refractivity (Wildman–Crippen MR) is 114 cm³/mol. The van der Waals surface area contributed by atoms with Crippen LogP contribution < -0.4 is 20.3 Å². The summed E-state index contributed by atoms with van der Waals surface area (Å²) in [5.74, 6) is -0.724. The van der Waals surface area contributed by atoms with Crippen molar-refractivity contribution in [3.05, 3.63) is 48.3 Å². The molecule has 2 aromatic carbocycles. The van der Waals surface area contributed by atoms with Crippen LogP contribution in [0.3, 0.4) is 0 Å². The van der Waals surface area contributed by atoms with Gasteiger partial charge in [0.15, 0.2) is 6.61 Å². The number of amides is 3. The van der Waals surface area contributed by atoms with E-state index in [1.807, 2.05) is 0 Å². The van der Waals surface area contributed by atoms with Crippen LogP contribution in [0.1, 0.15) is 27.2 Å². The summed E-state index contributed by atoms with van der Waals surface area (Å²) >= 11 is 0. The van der Waals surface area contributed by atoms with Gasteiger partial charge in [-0.15, -0.1) is 0 Å². The molecule has 0 spiro atoms. The standard InChI is InChI=1S/C22H24FN3O5/c1-22(2,3)31-21(29)25-15-9-8-14(23)12-16(15)24-19(27)10-11-26-17-6-4-5-7-18(17)30-13-20(26)28/h4-9,12H,10-11,13H2,1-3H3,(H,24,27)(H,25,29). The van der Waals surface area contributed by atoms with E-state index in [4.69, 9.17) is 9.47 Å². The van der Waals surface area contributed by atoms with Crippen molar-refractivity contribution in [3.63, 3.8) is 0 Å². The largest absolute Gasteiger partial charge is 0.482 e. The minimum Gasteiger partial charge on any atom is -0.482 e. The van der Waals surface area contributed by atoms with Gasteiger partial charge in [0.2, 0.25) is 5.91 Å². The van der Waals surface area contributed by atoms with Gasteiger partial charge in [0.1, 0.15) is 17.2 Å². The van der Waals surface area contributed by atoms with E-state index in [-0.39, 0.29) is 36.9 Å². The zero-order valence-electron chi connectivity index (χ0n) is 17.5. The highest BCUT2D eigenvalue weighted by atomic mass is 19.1. The Morgan fingerprint density at radius 2 is 1.87 bits per heavy atom. The Morgan fingerprint density at radius 3 is 2.61 bits per heavy atom. The van der Waals surface area contributed by atoms with E-state index in [0.717, 1.165) is 12.1 Å². The first-order chi connectivity index (χ1) is 14.6. The second-order valence-electron chi connectivity index (χ2n) is 7.92. The van der Waals surface area contributed by atoms with Crippen LogP contribution >= 0.6 is 0 Å². The molecule has 31 heavy (non-hydrogen) atoms. The molecule has 0 atom stereocenters. The summed E-state index contributed by atoms with van der Waals surface area (Å²) in [7, 11) is 0. The van der Waals surface area contributed by atoms with Crippen LogP contribution in [0.2, 0.25) is 0 Å². The average molecular weight is 429 g/mol. The van der Waals surface area contributed by atoms with Crippen molar-refractivity contribution < 1.29 is 28.2 Å². The molecule has 0 fully saturated rings. The van der Waals surface area contributed by atoms with E-state index in [1.54, 1.807) is 45.0 Å². The molecule has 0 saturated heterocycles. The van der Waals surface area contributed by atoms with Crippen molar-refractivity contribution in [2.45, 2.75) is 32.8 Å². The molecule has 1 heterocycles. The number of halogens is 1. The summed E-state index contributed by atoms with van der Waals surface area (Å²) in [5, 5.41) is 5.08. The Bertz CT molecular complexity index is 1000. The van der Waals surface area contributed by atoms with E-state index in [0.29, 0.717) is 11.4 Å². The van der Waals surface area contributed by atoms with E-state index < -0.39 is 23.4 Å². The Balaban J connectivity index is 1.66. The minimum absolute atomic E-state index is 0.0392. The van der Waals surface area contributed by atoms with Gasteiger partial charge in [-0.25, -0.2) is 9.18 Å². The third-order valence-corrected chi connectivity index (χ3v) is 4.26. The molecule has 0 saturated carbocycles. The topological polar surface area (TPSA) is 97.0 Å². The van der Waals surface area contributed by atoms with Crippen molar-refractivity contribution >= 4 is 35.0 Å². The van der Waals surface area contributed by atoms with Gasteiger partial charge in [-0.05, 0) is 51.1 Å². The van der Waals surface area contributed by atoms with Crippen molar-refractivity contribution in [2.24, 2.45) is 0 Å². The SMILES string of the molecule is CC(C)(C)OC(=O)Nc1ccc(F)cc1NC(=O)CCN1C(=O)COc2ccccc21. The van der Waals surface area contributed by atoms with Crippen molar-refractivity contribution in [1.29, 1.82) is 0 Å². The molecular formula is C22H24FN3O5. The fraction of sp³-hybridized carbons (Fsp3) is 0.318. The Kier molecular flexibility index (Phi) is 6.43. The molecular weight excluding hydrogens is 405 g/mol. The van der Waals surface area contributed by atoms with Gasteiger partial charge in [0.05, 0.1) is 17.1 Å². The van der Waals surface area contributed by atoms with Crippen LogP contribution in [0.25, 0.3) is 0 Å². The van der Waals surface area contributed by atoms with Gasteiger partial charge in [0.25, 0.3) is 5.91 Å². The normalized spacial score (nSPS) is 13.2. The van der Waals surface area contributed by atoms with Gasteiger partial charge in [-0.3, -0.25) is 14.9 Å². The first kappa shape index (κ1) is 22.1. The maximum absolute atomic E-state index is 13.7. The minimum atomic E-state index is -0.731. The smallest absolute Gasteiger partial charge is 0.412 e. The van der Waals surface area contributed by atoms with Crippen LogP contribution in [-0.4, -0.2) is 36.7 Å². The van der Waals surface area contributed by atoms with Gasteiger partial charge < -0.3 is 19.7 Å². The second kappa shape index (κ2) is 9.03. The highest BCUT2D eigenvalue weighted by Gasteiger charge is 2.25. The fourth-order valence-corrected chi connectivity index (χ4v) is 2.97. The van der Waals surface area contributed by atoms with E-state index >= 15 is 0 Å². The summed E-state index contributed by atoms with van der Waals surface area (Å²) in [5.41, 5.74) is 0.153. The van der Waals surface area contributed by atoms with E-state index in [9.17, 15) is 18.8 Å². The highest BCUT2D eigenvalue weighted by molar-refractivity contribution is 6.00. The Morgan fingerprint density at radius 1 is 1.13 bits per heavy atom. The third-order valence-electron chi connectivity index (χ3n) is 4.26. The van der Waals surface area contributed by atoms with Crippen molar-refractivity contribution in [2.75, 3.05) is 28.7 Å². The van der Waals surface area contributed by atoms with Gasteiger partial charge >= 0.3 is 6.09 Å². The molecule has 2 N–H and O–H groups in total. The fourth-order valence-electron chi connectivity index (χ4n) is 2.97. The number of carbonyl (C=O) groups excluding carboxylic acids is 3. The van der Waals surface area contributed by atoms with Crippen LogP contribution in [0, 0.1) is 5.82 Å². The second-order valence-corrected chi connectivity index (χ2v) is 7.92. The summed E-state index contributed by atoms with van der Waals surface area (Å²) in [6, 6.07) is 10.6. The molecule has 8 nitrogen and oxygen atoms in total. The summed E-state index contributed by atoms with van der Waals surface area (Å²) in [4.78, 5) is 38.2. The molecule has 0 aliphatic carbocycles. The number of nitrogens with zero attached hydrogens (tertiary/aromatic N) is 1. The lowest BCUT2D eigenvalue weighted by Crippen LogP contribution is -2.40. The summed E-state index contributed by atoms with van der Waals surface area (Å²) in [6.07, 6.45) is -0.771. The lowest BCUT2D eigenvalue weighted by atomic mass is 10.2. The molecule has 1 aliphatic heterocycles. The number of nitrogens with one attached hydrogen (secondary N) is 2. The maximum atomic E-state index is 13.7. The Labute approximate surface area is 179 Å². The van der Waals surface area contributed by atoms with Gasteiger partial charge in [-0.2, -0.15) is 0 Å². The zero-order chi connectivity index (χ0) is 22.6. The first-order valence-corrected chi connectivity index (χ1v) is 9.74. The van der Waals surface area contributed by atoms with Crippen molar-refractivity contribution in [3.8, 4) is 5.75 Å².